The predicted octanol–water partition coefficient (Wildman–Crippen LogP) is 5.72. The number of nitrogens with zero attached hydrogens (tertiary/aromatic N) is 1. The molecular weight excluding hydrogens is 417 g/mol. The first-order chi connectivity index (χ1) is 15.2. The average molecular weight is 436 g/mol. The van der Waals surface area contributed by atoms with E-state index in [0.717, 1.165) is 28.2 Å². The Morgan fingerprint density at radius 2 is 1.50 bits per heavy atom. The van der Waals surface area contributed by atoms with E-state index in [-0.39, 0.29) is 17.0 Å². The molecule has 4 rings (SSSR count). The van der Waals surface area contributed by atoms with Gasteiger partial charge in [-0.25, -0.2) is 4.90 Å². The summed E-state index contributed by atoms with van der Waals surface area (Å²) in [6.07, 6.45) is -4.60. The van der Waals surface area contributed by atoms with E-state index in [0.29, 0.717) is 11.3 Å². The van der Waals surface area contributed by atoms with Gasteiger partial charge in [-0.1, -0.05) is 54.1 Å². The van der Waals surface area contributed by atoms with E-state index in [1.807, 2.05) is 26.0 Å². The summed E-state index contributed by atoms with van der Waals surface area (Å²) < 4.78 is 39.7. The molecule has 4 nitrogen and oxygen atoms in total. The van der Waals surface area contributed by atoms with Crippen molar-refractivity contribution in [3.8, 4) is 0 Å². The van der Waals surface area contributed by atoms with Gasteiger partial charge in [-0.3, -0.25) is 9.59 Å². The van der Waals surface area contributed by atoms with Crippen LogP contribution in [0.25, 0.3) is 5.57 Å². The summed E-state index contributed by atoms with van der Waals surface area (Å²) in [7, 11) is 0. The molecule has 0 aromatic heterocycles. The topological polar surface area (TPSA) is 49.4 Å². The fourth-order valence-corrected chi connectivity index (χ4v) is 3.54. The standard InChI is InChI=1S/C25H19F3N2O2/c1-15-10-12-17(13-11-15)21-22(29-20-9-4-3-6-16(20)2)24(32)30(23(21)31)19-8-5-7-18(14-19)25(26,27)28/h3-14,29H,1-2H3. The number of hydrogen-bond acceptors (Lipinski definition) is 3. The monoisotopic (exact) mass is 436 g/mol. The van der Waals surface area contributed by atoms with Gasteiger partial charge in [0.2, 0.25) is 0 Å². The Morgan fingerprint density at radius 3 is 2.16 bits per heavy atom. The summed E-state index contributed by atoms with van der Waals surface area (Å²) in [4.78, 5) is 27.5. The van der Waals surface area contributed by atoms with Crippen LogP contribution in [0, 0.1) is 13.8 Å². The number of rotatable bonds is 4. The molecule has 1 aliphatic rings. The lowest BCUT2D eigenvalue weighted by Gasteiger charge is -2.17. The Balaban J connectivity index is 1.83. The van der Waals surface area contributed by atoms with Crippen molar-refractivity contribution < 1.29 is 22.8 Å². The van der Waals surface area contributed by atoms with Crippen molar-refractivity contribution in [3.05, 3.63) is 101 Å². The van der Waals surface area contributed by atoms with Crippen molar-refractivity contribution in [2.45, 2.75) is 20.0 Å². The fraction of sp³-hybridized carbons (Fsp3) is 0.120. The van der Waals surface area contributed by atoms with Crippen LogP contribution in [0.4, 0.5) is 24.5 Å². The second-order valence-electron chi connectivity index (χ2n) is 7.55. The molecule has 1 heterocycles. The quantitative estimate of drug-likeness (QED) is 0.533. The summed E-state index contributed by atoms with van der Waals surface area (Å²) >= 11 is 0. The van der Waals surface area contributed by atoms with Crippen LogP contribution in [0.1, 0.15) is 22.3 Å². The van der Waals surface area contributed by atoms with E-state index in [1.54, 1.807) is 36.4 Å². The number of carbonyl (C=O) groups is 2. The molecule has 0 spiro atoms. The van der Waals surface area contributed by atoms with Gasteiger partial charge < -0.3 is 5.32 Å². The highest BCUT2D eigenvalue weighted by atomic mass is 19.4. The second-order valence-corrected chi connectivity index (χ2v) is 7.55. The molecule has 1 aliphatic heterocycles. The molecule has 2 amide bonds. The zero-order chi connectivity index (χ0) is 23.0. The highest BCUT2D eigenvalue weighted by molar-refractivity contribution is 6.46. The number of halogens is 3. The van der Waals surface area contributed by atoms with E-state index in [1.165, 1.54) is 12.1 Å². The van der Waals surface area contributed by atoms with Crippen LogP contribution in [-0.2, 0) is 15.8 Å². The molecule has 0 saturated heterocycles. The zero-order valence-electron chi connectivity index (χ0n) is 17.3. The van der Waals surface area contributed by atoms with Crippen molar-refractivity contribution in [3.63, 3.8) is 0 Å². The lowest BCUT2D eigenvalue weighted by molar-refractivity contribution is -0.137. The maximum atomic E-state index is 13.4. The van der Waals surface area contributed by atoms with E-state index >= 15 is 0 Å². The number of amides is 2. The van der Waals surface area contributed by atoms with Crippen molar-refractivity contribution in [1.82, 2.24) is 0 Å². The number of alkyl halides is 3. The second kappa shape index (κ2) is 8.00. The van der Waals surface area contributed by atoms with E-state index < -0.39 is 23.6 Å². The number of carbonyl (C=O) groups excluding carboxylic acids is 2. The Labute approximate surface area is 183 Å². The lowest BCUT2D eigenvalue weighted by Crippen LogP contribution is -2.32. The Morgan fingerprint density at radius 1 is 0.812 bits per heavy atom. The highest BCUT2D eigenvalue weighted by Crippen LogP contribution is 2.37. The van der Waals surface area contributed by atoms with Crippen LogP contribution in [-0.4, -0.2) is 11.8 Å². The molecule has 0 unspecified atom stereocenters. The predicted molar refractivity (Wildman–Crippen MR) is 117 cm³/mol. The Bertz CT molecular complexity index is 1240. The maximum absolute atomic E-state index is 13.4. The first kappa shape index (κ1) is 21.4. The summed E-state index contributed by atoms with van der Waals surface area (Å²) in [5.41, 5.74) is 1.99. The number of imide groups is 1. The molecule has 0 radical (unpaired) electrons. The van der Waals surface area contributed by atoms with E-state index in [9.17, 15) is 22.8 Å². The van der Waals surface area contributed by atoms with Crippen LogP contribution in [0.2, 0.25) is 0 Å². The molecule has 0 fully saturated rings. The smallest absolute Gasteiger partial charge is 0.350 e. The van der Waals surface area contributed by atoms with Gasteiger partial charge in [-0.15, -0.1) is 0 Å². The van der Waals surface area contributed by atoms with Gasteiger partial charge in [0.25, 0.3) is 11.8 Å². The number of para-hydroxylation sites is 1. The molecule has 3 aromatic carbocycles. The SMILES string of the molecule is Cc1ccc(C2=C(Nc3ccccc3C)C(=O)N(c3cccc(C(F)(F)F)c3)C2=O)cc1. The van der Waals surface area contributed by atoms with Crippen molar-refractivity contribution >= 4 is 28.8 Å². The van der Waals surface area contributed by atoms with Gasteiger partial charge in [0, 0.05) is 5.69 Å². The summed E-state index contributed by atoms with van der Waals surface area (Å²) in [6.45, 7) is 3.74. The Hall–Kier alpha value is -3.87. The van der Waals surface area contributed by atoms with Crippen molar-refractivity contribution in [2.24, 2.45) is 0 Å². The molecule has 0 bridgehead atoms. The fourth-order valence-electron chi connectivity index (χ4n) is 3.54. The normalized spacial score (nSPS) is 14.3. The summed E-state index contributed by atoms with van der Waals surface area (Å²) in [5, 5.41) is 3.04. The number of benzene rings is 3. The third-order valence-electron chi connectivity index (χ3n) is 5.26. The number of hydrogen-bond donors (Lipinski definition) is 1. The minimum Gasteiger partial charge on any atom is -0.350 e. The molecule has 0 aliphatic carbocycles. The van der Waals surface area contributed by atoms with E-state index in [4.69, 9.17) is 0 Å². The zero-order valence-corrected chi connectivity index (χ0v) is 17.3. The lowest BCUT2D eigenvalue weighted by atomic mass is 10.0. The number of anilines is 2. The molecular formula is C25H19F3N2O2. The van der Waals surface area contributed by atoms with Crippen molar-refractivity contribution in [2.75, 3.05) is 10.2 Å². The van der Waals surface area contributed by atoms with Gasteiger partial charge in [0.05, 0.1) is 16.8 Å². The third kappa shape index (κ3) is 3.89. The minimum atomic E-state index is -4.60. The molecule has 3 aromatic rings. The Kier molecular flexibility index (Phi) is 5.34. The van der Waals surface area contributed by atoms with Gasteiger partial charge >= 0.3 is 6.18 Å². The van der Waals surface area contributed by atoms with Crippen LogP contribution < -0.4 is 10.2 Å². The van der Waals surface area contributed by atoms with Gasteiger partial charge in [0.15, 0.2) is 0 Å². The first-order valence-electron chi connectivity index (χ1n) is 9.87. The van der Waals surface area contributed by atoms with Crippen molar-refractivity contribution in [1.29, 1.82) is 0 Å². The van der Waals surface area contributed by atoms with E-state index in [2.05, 4.69) is 5.32 Å². The molecule has 0 atom stereocenters. The average Bonchev–Trinajstić information content (AvgIpc) is 2.99. The third-order valence-corrected chi connectivity index (χ3v) is 5.26. The van der Waals surface area contributed by atoms with Gasteiger partial charge in [0.1, 0.15) is 5.70 Å². The maximum Gasteiger partial charge on any atom is 0.416 e. The largest absolute Gasteiger partial charge is 0.416 e. The van der Waals surface area contributed by atoms with Crippen LogP contribution in [0.3, 0.4) is 0 Å². The molecule has 1 N–H and O–H groups in total. The first-order valence-corrected chi connectivity index (χ1v) is 9.87. The molecule has 32 heavy (non-hydrogen) atoms. The van der Waals surface area contributed by atoms with Crippen LogP contribution >= 0.6 is 0 Å². The molecule has 162 valence electrons. The molecule has 0 saturated carbocycles. The minimum absolute atomic E-state index is 0.0190. The van der Waals surface area contributed by atoms with Crippen LogP contribution in [0.5, 0.6) is 0 Å². The highest BCUT2D eigenvalue weighted by Gasteiger charge is 2.41. The number of aryl methyl sites for hydroxylation is 2. The molecule has 7 heteroatoms. The van der Waals surface area contributed by atoms with Crippen LogP contribution in [0.15, 0.2) is 78.5 Å². The summed E-state index contributed by atoms with van der Waals surface area (Å²) in [5.74, 6) is -1.40. The van der Waals surface area contributed by atoms with Gasteiger partial charge in [-0.05, 0) is 49.2 Å². The summed E-state index contributed by atoms with van der Waals surface area (Å²) in [6, 6.07) is 18.5. The number of nitrogens with one attached hydrogen (secondary N) is 1. The van der Waals surface area contributed by atoms with Gasteiger partial charge in [-0.2, -0.15) is 13.2 Å².